The van der Waals surface area contributed by atoms with Gasteiger partial charge in [-0.25, -0.2) is 0 Å². The summed E-state index contributed by atoms with van der Waals surface area (Å²) in [6, 6.07) is 26.0. The van der Waals surface area contributed by atoms with Gasteiger partial charge in [0.15, 0.2) is 17.3 Å². The quantitative estimate of drug-likeness (QED) is 0.302. The third-order valence-corrected chi connectivity index (χ3v) is 6.83. The second-order valence-corrected chi connectivity index (χ2v) is 9.10. The van der Waals surface area contributed by atoms with Crippen LogP contribution in [0.5, 0.6) is 17.2 Å². The zero-order chi connectivity index (χ0) is 25.5. The Balaban J connectivity index is 1.40. The first-order valence-electron chi connectivity index (χ1n) is 12.0. The van der Waals surface area contributed by atoms with Crippen molar-refractivity contribution in [2.75, 3.05) is 12.1 Å². The number of ether oxygens (including phenoxy) is 2. The van der Waals surface area contributed by atoms with E-state index in [0.29, 0.717) is 22.4 Å². The number of aryl methyl sites for hydroxylation is 1. The lowest BCUT2D eigenvalue weighted by Gasteiger charge is -2.21. The largest absolute Gasteiger partial charge is 0.506 e. The lowest BCUT2D eigenvalue weighted by molar-refractivity contribution is 0.0972. The van der Waals surface area contributed by atoms with Crippen LogP contribution in [0.25, 0.3) is 21.7 Å². The first-order chi connectivity index (χ1) is 18.0. The van der Waals surface area contributed by atoms with Crippen LogP contribution in [0.15, 0.2) is 89.7 Å². The minimum atomic E-state index is -0.531. The van der Waals surface area contributed by atoms with Gasteiger partial charge < -0.3 is 24.5 Å². The number of nitrogens with one attached hydrogen (secondary N) is 1. The molecule has 1 atom stereocenters. The maximum absolute atomic E-state index is 13.6. The SMILES string of the molecule is Cn1c(=O)c(C(=O)CC(Nc2ccc3ccccc3c2)c2ccc3c(c2)OCO3)c(O)c2ccccc21. The van der Waals surface area contributed by atoms with Crippen molar-refractivity contribution in [2.45, 2.75) is 12.5 Å². The van der Waals surface area contributed by atoms with Crippen LogP contribution in [0.2, 0.25) is 0 Å². The second kappa shape index (κ2) is 9.02. The number of carbonyl (C=O) groups excluding carboxylic acids is 1. The van der Waals surface area contributed by atoms with E-state index in [0.717, 1.165) is 22.0 Å². The number of para-hydroxylation sites is 1. The van der Waals surface area contributed by atoms with Gasteiger partial charge in [0.05, 0.1) is 11.6 Å². The maximum atomic E-state index is 13.6. The number of Topliss-reactive ketones (excluding diaryl/α,β-unsaturated/α-hetero) is 1. The number of nitrogens with zero attached hydrogens (tertiary/aromatic N) is 1. The first kappa shape index (κ1) is 22.7. The Morgan fingerprint density at radius 1 is 0.946 bits per heavy atom. The molecule has 0 amide bonds. The molecule has 0 bridgehead atoms. The summed E-state index contributed by atoms with van der Waals surface area (Å²) in [6.45, 7) is 0.140. The highest BCUT2D eigenvalue weighted by molar-refractivity contribution is 6.04. The summed E-state index contributed by atoms with van der Waals surface area (Å²) in [6.07, 6.45) is -0.0619. The number of ketones is 1. The van der Waals surface area contributed by atoms with Gasteiger partial charge in [-0.2, -0.15) is 0 Å². The molecule has 1 aromatic heterocycles. The number of fused-ring (bicyclic) bond motifs is 3. The fraction of sp³-hybridized carbons (Fsp3) is 0.133. The monoisotopic (exact) mass is 492 g/mol. The molecule has 5 aromatic rings. The van der Waals surface area contributed by atoms with Crippen LogP contribution in [0.3, 0.4) is 0 Å². The first-order valence-corrected chi connectivity index (χ1v) is 12.0. The van der Waals surface area contributed by atoms with E-state index in [1.807, 2.05) is 60.7 Å². The van der Waals surface area contributed by atoms with Crippen molar-refractivity contribution >= 4 is 33.1 Å². The summed E-state index contributed by atoms with van der Waals surface area (Å²) in [5.74, 6) is 0.485. The molecule has 1 aliphatic heterocycles. The zero-order valence-electron chi connectivity index (χ0n) is 20.1. The molecule has 7 nitrogen and oxygen atoms in total. The third kappa shape index (κ3) is 4.04. The molecule has 0 saturated carbocycles. The van der Waals surface area contributed by atoms with E-state index in [1.54, 1.807) is 31.3 Å². The summed E-state index contributed by atoms with van der Waals surface area (Å²) >= 11 is 0. The van der Waals surface area contributed by atoms with Crippen molar-refractivity contribution in [3.63, 3.8) is 0 Å². The molecular weight excluding hydrogens is 468 g/mol. The molecular formula is C30H24N2O5. The van der Waals surface area contributed by atoms with E-state index in [4.69, 9.17) is 9.47 Å². The molecule has 6 rings (SSSR count). The van der Waals surface area contributed by atoms with E-state index >= 15 is 0 Å². The Hall–Kier alpha value is -4.78. The average Bonchev–Trinajstić information content (AvgIpc) is 3.39. The number of aromatic nitrogens is 1. The predicted octanol–water partition coefficient (Wildman–Crippen LogP) is 5.55. The summed E-state index contributed by atoms with van der Waals surface area (Å²) in [5, 5.41) is 17.0. The third-order valence-electron chi connectivity index (χ3n) is 6.83. The molecule has 0 fully saturated rings. The van der Waals surface area contributed by atoms with Crippen LogP contribution in [-0.2, 0) is 7.05 Å². The van der Waals surface area contributed by atoms with E-state index in [1.165, 1.54) is 4.57 Å². The number of pyridine rings is 1. The van der Waals surface area contributed by atoms with Crippen molar-refractivity contribution in [3.8, 4) is 17.2 Å². The van der Waals surface area contributed by atoms with Crippen molar-refractivity contribution < 1.29 is 19.4 Å². The number of hydrogen-bond acceptors (Lipinski definition) is 6. The minimum Gasteiger partial charge on any atom is -0.506 e. The van der Waals surface area contributed by atoms with Crippen LogP contribution in [0.1, 0.15) is 28.4 Å². The Bertz CT molecular complexity index is 1740. The van der Waals surface area contributed by atoms with Crippen molar-refractivity contribution in [1.82, 2.24) is 4.57 Å². The Morgan fingerprint density at radius 3 is 2.57 bits per heavy atom. The van der Waals surface area contributed by atoms with E-state index in [9.17, 15) is 14.7 Å². The number of hydrogen-bond donors (Lipinski definition) is 2. The molecule has 37 heavy (non-hydrogen) atoms. The molecule has 0 radical (unpaired) electrons. The van der Waals surface area contributed by atoms with Crippen LogP contribution >= 0.6 is 0 Å². The number of carbonyl (C=O) groups is 1. The van der Waals surface area contributed by atoms with Gasteiger partial charge >= 0.3 is 0 Å². The fourth-order valence-corrected chi connectivity index (χ4v) is 4.88. The smallest absolute Gasteiger partial charge is 0.265 e. The zero-order valence-corrected chi connectivity index (χ0v) is 20.1. The number of anilines is 1. The summed E-state index contributed by atoms with van der Waals surface area (Å²) in [4.78, 5) is 26.8. The van der Waals surface area contributed by atoms with Gasteiger partial charge in [0.2, 0.25) is 6.79 Å². The molecule has 7 heteroatoms. The second-order valence-electron chi connectivity index (χ2n) is 9.10. The molecule has 184 valence electrons. The van der Waals surface area contributed by atoms with Gasteiger partial charge in [-0.15, -0.1) is 0 Å². The average molecular weight is 493 g/mol. The lowest BCUT2D eigenvalue weighted by atomic mass is 9.96. The van der Waals surface area contributed by atoms with Crippen molar-refractivity contribution in [1.29, 1.82) is 0 Å². The van der Waals surface area contributed by atoms with Crippen LogP contribution < -0.4 is 20.3 Å². The van der Waals surface area contributed by atoms with E-state index in [-0.39, 0.29) is 24.5 Å². The molecule has 4 aromatic carbocycles. The van der Waals surface area contributed by atoms with Crippen LogP contribution in [0.4, 0.5) is 5.69 Å². The highest BCUT2D eigenvalue weighted by Crippen LogP contribution is 2.37. The van der Waals surface area contributed by atoms with Gasteiger partial charge in [0.25, 0.3) is 5.56 Å². The normalized spacial score (nSPS) is 13.1. The van der Waals surface area contributed by atoms with E-state index < -0.39 is 17.4 Å². The molecule has 0 spiro atoms. The minimum absolute atomic E-state index is 0.0619. The van der Waals surface area contributed by atoms with Gasteiger partial charge in [0, 0.05) is 24.5 Å². The Morgan fingerprint density at radius 2 is 1.70 bits per heavy atom. The Kier molecular flexibility index (Phi) is 5.53. The number of rotatable bonds is 6. The highest BCUT2D eigenvalue weighted by Gasteiger charge is 2.26. The lowest BCUT2D eigenvalue weighted by Crippen LogP contribution is -2.26. The Labute approximate surface area is 212 Å². The number of benzene rings is 4. The van der Waals surface area contributed by atoms with Gasteiger partial charge in [-0.3, -0.25) is 9.59 Å². The number of aromatic hydroxyl groups is 1. The summed E-state index contributed by atoms with van der Waals surface area (Å²) in [5.41, 5.74) is 1.43. The summed E-state index contributed by atoms with van der Waals surface area (Å²) < 4.78 is 12.4. The topological polar surface area (TPSA) is 89.8 Å². The summed E-state index contributed by atoms with van der Waals surface area (Å²) in [7, 11) is 1.60. The van der Waals surface area contributed by atoms with Crippen molar-refractivity contribution in [2.24, 2.45) is 7.05 Å². The molecule has 0 saturated heterocycles. The standard InChI is InChI=1S/C30H24N2O5/c1-32-24-9-5-4-8-22(24)29(34)28(30(32)35)25(33)16-23(20-11-13-26-27(15-20)37-17-36-26)31-21-12-10-18-6-2-3-7-19(18)14-21/h2-15,23,31,34H,16-17H2,1H3. The van der Waals surface area contributed by atoms with Crippen LogP contribution in [-0.4, -0.2) is 22.2 Å². The van der Waals surface area contributed by atoms with Gasteiger partial charge in [-0.05, 0) is 52.7 Å². The molecule has 1 aliphatic rings. The molecule has 1 unspecified atom stereocenters. The molecule has 2 N–H and O–H groups in total. The highest BCUT2D eigenvalue weighted by atomic mass is 16.7. The fourth-order valence-electron chi connectivity index (χ4n) is 4.88. The van der Waals surface area contributed by atoms with Gasteiger partial charge in [-0.1, -0.05) is 48.5 Å². The van der Waals surface area contributed by atoms with E-state index in [2.05, 4.69) is 5.32 Å². The predicted molar refractivity (Wildman–Crippen MR) is 143 cm³/mol. The maximum Gasteiger partial charge on any atom is 0.265 e. The molecule has 2 heterocycles. The van der Waals surface area contributed by atoms with Crippen LogP contribution in [0, 0.1) is 0 Å². The van der Waals surface area contributed by atoms with Gasteiger partial charge in [0.1, 0.15) is 11.3 Å². The molecule has 0 aliphatic carbocycles. The van der Waals surface area contributed by atoms with Crippen molar-refractivity contribution in [3.05, 3.63) is 106 Å².